The fraction of sp³-hybridized carbons (Fsp3) is 0.471. The van der Waals surface area contributed by atoms with E-state index in [2.05, 4.69) is 24.1 Å². The molecule has 0 spiro atoms. The van der Waals surface area contributed by atoms with Gasteiger partial charge < -0.3 is 30.7 Å². The molecule has 0 heterocycles. The number of nitrogens with one attached hydrogen (secondary N) is 2. The van der Waals surface area contributed by atoms with Gasteiger partial charge in [-0.15, -0.1) is 0 Å². The number of hydrogen-bond acceptors (Lipinski definition) is 6. The first-order valence-corrected chi connectivity index (χ1v) is 15.1. The number of amides is 4. The zero-order chi connectivity index (χ0) is 32.7. The monoisotopic (exact) mass is 608 g/mol. The molecule has 4 amide bonds. The molecule has 0 aliphatic rings. The lowest BCUT2D eigenvalue weighted by molar-refractivity contribution is -0.142. The zero-order valence-corrected chi connectivity index (χ0v) is 26.7. The molecule has 4 N–H and O–H groups in total. The molecule has 0 saturated heterocycles. The maximum absolute atomic E-state index is 14.3. The zero-order valence-electron chi connectivity index (χ0n) is 26.7. The van der Waals surface area contributed by atoms with E-state index in [0.29, 0.717) is 23.4 Å². The van der Waals surface area contributed by atoms with Crippen LogP contribution in [0.1, 0.15) is 89.8 Å². The van der Waals surface area contributed by atoms with Gasteiger partial charge in [-0.2, -0.15) is 0 Å². The molecule has 240 valence electrons. The summed E-state index contributed by atoms with van der Waals surface area (Å²) >= 11 is 0. The van der Waals surface area contributed by atoms with Crippen LogP contribution in [0.15, 0.2) is 55.1 Å². The van der Waals surface area contributed by atoms with E-state index >= 15 is 0 Å². The van der Waals surface area contributed by atoms with Crippen LogP contribution in [0, 0.1) is 0 Å². The molecule has 0 radical (unpaired) electrons. The standard InChI is InChI=1S/C34H48N4O6/c1-7-9-10-11-12-13-21-38(32(41)28(23-29(35)39)37-33(42)44-34(3,4)5)30(25-16-14-15-24(8-2)22-25)31(40)36-26-17-19-27(43-6)20-18-26/h8,14-20,22,28,30H,2,7,9-13,21,23H2,1,3-6H3,(H2,35,39)(H,36,40)(H,37,42). The number of ether oxygens (including phenoxy) is 2. The van der Waals surface area contributed by atoms with Crippen molar-refractivity contribution < 1.29 is 28.7 Å². The molecule has 0 aliphatic carbocycles. The number of nitrogens with zero attached hydrogens (tertiary/aromatic N) is 1. The lowest BCUT2D eigenvalue weighted by Crippen LogP contribution is -2.53. The number of carbonyl (C=O) groups is 4. The molecule has 0 aromatic heterocycles. The highest BCUT2D eigenvalue weighted by Gasteiger charge is 2.37. The molecule has 44 heavy (non-hydrogen) atoms. The number of anilines is 1. The Bertz CT molecular complexity index is 1260. The fourth-order valence-corrected chi connectivity index (χ4v) is 4.69. The van der Waals surface area contributed by atoms with Gasteiger partial charge in [0, 0.05) is 12.2 Å². The molecule has 2 unspecified atom stereocenters. The van der Waals surface area contributed by atoms with E-state index in [4.69, 9.17) is 15.2 Å². The van der Waals surface area contributed by atoms with E-state index in [1.165, 1.54) is 4.90 Å². The first-order valence-electron chi connectivity index (χ1n) is 15.1. The molecular formula is C34H48N4O6. The van der Waals surface area contributed by atoms with Crippen LogP contribution in [-0.2, 0) is 19.1 Å². The lowest BCUT2D eigenvalue weighted by Gasteiger charge is -2.34. The van der Waals surface area contributed by atoms with Crippen LogP contribution in [0.2, 0.25) is 0 Å². The third kappa shape index (κ3) is 12.1. The summed E-state index contributed by atoms with van der Waals surface area (Å²) in [6, 6.07) is 11.6. The number of methoxy groups -OCH3 is 1. The summed E-state index contributed by atoms with van der Waals surface area (Å²) < 4.78 is 10.6. The van der Waals surface area contributed by atoms with Gasteiger partial charge in [0.05, 0.1) is 13.5 Å². The molecule has 2 atom stereocenters. The maximum Gasteiger partial charge on any atom is 0.408 e. The first-order chi connectivity index (χ1) is 20.9. The van der Waals surface area contributed by atoms with Crippen LogP contribution in [0.25, 0.3) is 6.08 Å². The minimum atomic E-state index is -1.35. The van der Waals surface area contributed by atoms with Crippen molar-refractivity contribution in [1.82, 2.24) is 10.2 Å². The van der Waals surface area contributed by atoms with Gasteiger partial charge in [0.25, 0.3) is 5.91 Å². The summed E-state index contributed by atoms with van der Waals surface area (Å²) in [5.74, 6) is -1.25. The van der Waals surface area contributed by atoms with Crippen molar-refractivity contribution in [1.29, 1.82) is 0 Å². The second-order valence-electron chi connectivity index (χ2n) is 11.7. The van der Waals surface area contributed by atoms with E-state index in [1.807, 2.05) is 6.07 Å². The highest BCUT2D eigenvalue weighted by Crippen LogP contribution is 2.27. The van der Waals surface area contributed by atoms with Gasteiger partial charge in [-0.25, -0.2) is 4.79 Å². The molecule has 2 aromatic rings. The Hall–Kier alpha value is -4.34. The minimum Gasteiger partial charge on any atom is -0.497 e. The summed E-state index contributed by atoms with van der Waals surface area (Å²) in [5, 5.41) is 5.44. The van der Waals surface area contributed by atoms with Crippen molar-refractivity contribution in [3.05, 3.63) is 66.2 Å². The van der Waals surface area contributed by atoms with Crippen LogP contribution in [0.5, 0.6) is 5.75 Å². The number of carbonyl (C=O) groups excluding carboxylic acids is 4. The van der Waals surface area contributed by atoms with Gasteiger partial charge in [-0.05, 0) is 68.7 Å². The van der Waals surface area contributed by atoms with E-state index in [-0.39, 0.29) is 6.54 Å². The van der Waals surface area contributed by atoms with Gasteiger partial charge in [0.2, 0.25) is 11.8 Å². The molecule has 0 aliphatic heterocycles. The largest absolute Gasteiger partial charge is 0.497 e. The van der Waals surface area contributed by atoms with Gasteiger partial charge >= 0.3 is 6.09 Å². The average Bonchev–Trinajstić information content (AvgIpc) is 2.96. The molecule has 0 saturated carbocycles. The van der Waals surface area contributed by atoms with Gasteiger partial charge in [0.15, 0.2) is 0 Å². The summed E-state index contributed by atoms with van der Waals surface area (Å²) in [6.07, 6.45) is 6.02. The summed E-state index contributed by atoms with van der Waals surface area (Å²) in [6.45, 7) is 11.3. The van der Waals surface area contributed by atoms with Crippen molar-refractivity contribution in [2.45, 2.75) is 90.3 Å². The number of benzene rings is 2. The van der Waals surface area contributed by atoms with Crippen molar-refractivity contribution >= 4 is 35.6 Å². The second kappa shape index (κ2) is 17.7. The smallest absolute Gasteiger partial charge is 0.408 e. The van der Waals surface area contributed by atoms with Crippen LogP contribution in [0.4, 0.5) is 10.5 Å². The number of primary amides is 1. The van der Waals surface area contributed by atoms with Crippen LogP contribution < -0.4 is 21.1 Å². The number of hydrogen-bond donors (Lipinski definition) is 3. The SMILES string of the molecule is C=Cc1cccc(C(C(=O)Nc2ccc(OC)cc2)N(CCCCCCCC)C(=O)C(CC(N)=O)NC(=O)OC(C)(C)C)c1. The van der Waals surface area contributed by atoms with E-state index in [9.17, 15) is 19.2 Å². The predicted octanol–water partition coefficient (Wildman–Crippen LogP) is 5.98. The third-order valence-electron chi connectivity index (χ3n) is 6.81. The Morgan fingerprint density at radius 3 is 2.25 bits per heavy atom. The van der Waals surface area contributed by atoms with Gasteiger partial charge in [0.1, 0.15) is 23.4 Å². The highest BCUT2D eigenvalue weighted by atomic mass is 16.6. The van der Waals surface area contributed by atoms with Crippen LogP contribution >= 0.6 is 0 Å². The quantitative estimate of drug-likeness (QED) is 0.189. The Morgan fingerprint density at radius 1 is 1.00 bits per heavy atom. The summed E-state index contributed by atoms with van der Waals surface area (Å²) in [7, 11) is 1.55. The predicted molar refractivity (Wildman–Crippen MR) is 173 cm³/mol. The first kappa shape index (κ1) is 35.9. The van der Waals surface area contributed by atoms with Crippen LogP contribution in [-0.4, -0.2) is 54.0 Å². The Balaban J connectivity index is 2.55. The normalized spacial score (nSPS) is 12.4. The molecule has 0 bridgehead atoms. The average molecular weight is 609 g/mol. The van der Waals surface area contributed by atoms with Crippen LogP contribution in [0.3, 0.4) is 0 Å². The molecule has 10 heteroatoms. The van der Waals surface area contributed by atoms with E-state index in [1.54, 1.807) is 76.4 Å². The number of nitrogens with two attached hydrogens (primary N) is 1. The number of alkyl carbamates (subject to hydrolysis) is 1. The summed E-state index contributed by atoms with van der Waals surface area (Å²) in [4.78, 5) is 54.6. The lowest BCUT2D eigenvalue weighted by atomic mass is 9.99. The molecule has 10 nitrogen and oxygen atoms in total. The maximum atomic E-state index is 14.3. The minimum absolute atomic E-state index is 0.204. The van der Waals surface area contributed by atoms with Crippen molar-refractivity contribution in [3.8, 4) is 5.75 Å². The molecule has 0 fully saturated rings. The topological polar surface area (TPSA) is 140 Å². The number of rotatable bonds is 17. The van der Waals surface area contributed by atoms with E-state index < -0.39 is 47.9 Å². The Labute approximate surface area is 261 Å². The Morgan fingerprint density at radius 2 is 1.66 bits per heavy atom. The summed E-state index contributed by atoms with van der Waals surface area (Å²) in [5.41, 5.74) is 6.49. The van der Waals surface area contributed by atoms with Crippen molar-refractivity contribution in [2.75, 3.05) is 19.0 Å². The number of unbranched alkanes of at least 4 members (excludes halogenated alkanes) is 5. The second-order valence-corrected chi connectivity index (χ2v) is 11.7. The highest BCUT2D eigenvalue weighted by molar-refractivity contribution is 5.99. The fourth-order valence-electron chi connectivity index (χ4n) is 4.69. The van der Waals surface area contributed by atoms with Gasteiger partial charge in [-0.3, -0.25) is 14.4 Å². The Kier molecular flexibility index (Phi) is 14.4. The van der Waals surface area contributed by atoms with Crippen molar-refractivity contribution in [3.63, 3.8) is 0 Å². The molecular weight excluding hydrogens is 560 g/mol. The van der Waals surface area contributed by atoms with Crippen molar-refractivity contribution in [2.24, 2.45) is 5.73 Å². The molecule has 2 aromatic carbocycles. The van der Waals surface area contributed by atoms with E-state index in [0.717, 1.165) is 37.7 Å². The molecule has 2 rings (SSSR count). The third-order valence-corrected chi connectivity index (χ3v) is 6.81. The van der Waals surface area contributed by atoms with Gasteiger partial charge in [-0.1, -0.05) is 69.9 Å².